The molecule has 1 N–H and O–H groups in total. The molecule has 0 saturated carbocycles. The summed E-state index contributed by atoms with van der Waals surface area (Å²) in [6.45, 7) is 4.73. The van der Waals surface area contributed by atoms with Gasteiger partial charge in [-0.3, -0.25) is 9.89 Å². The van der Waals surface area contributed by atoms with Gasteiger partial charge in [0.05, 0.1) is 12.2 Å². The number of nitrogens with one attached hydrogen (secondary N) is 1. The first kappa shape index (κ1) is 17.7. The number of carbonyl (C=O) groups is 1. The van der Waals surface area contributed by atoms with Crippen LogP contribution in [-0.2, 0) is 13.2 Å². The highest BCUT2D eigenvalue weighted by Crippen LogP contribution is 2.17. The Bertz CT molecular complexity index is 888. The zero-order valence-corrected chi connectivity index (χ0v) is 14.7. The summed E-state index contributed by atoms with van der Waals surface area (Å²) in [6, 6.07) is 11.5. The zero-order chi connectivity index (χ0) is 18.5. The molecule has 2 heterocycles. The third kappa shape index (κ3) is 4.11. The first-order valence-corrected chi connectivity index (χ1v) is 8.33. The third-order valence-electron chi connectivity index (χ3n) is 3.88. The summed E-state index contributed by atoms with van der Waals surface area (Å²) in [4.78, 5) is 14.3. The van der Waals surface area contributed by atoms with Crippen LogP contribution in [-0.4, -0.2) is 27.5 Å². The van der Waals surface area contributed by atoms with Gasteiger partial charge in [0.1, 0.15) is 18.1 Å². The van der Waals surface area contributed by atoms with Crippen LogP contribution < -0.4 is 4.74 Å². The van der Waals surface area contributed by atoms with Gasteiger partial charge in [-0.2, -0.15) is 5.10 Å². The molecule has 0 aliphatic heterocycles. The highest BCUT2D eigenvalue weighted by molar-refractivity contribution is 5.92. The van der Waals surface area contributed by atoms with Crippen LogP contribution in [0.5, 0.6) is 5.75 Å². The van der Waals surface area contributed by atoms with Crippen molar-refractivity contribution in [2.24, 2.45) is 0 Å². The molecule has 0 saturated heterocycles. The van der Waals surface area contributed by atoms with Gasteiger partial charge in [0, 0.05) is 6.54 Å². The monoisotopic (exact) mass is 357 g/mol. The Morgan fingerprint density at radius 3 is 2.81 bits per heavy atom. The van der Waals surface area contributed by atoms with Crippen molar-refractivity contribution in [3.8, 4) is 5.75 Å². The molecule has 0 aliphatic rings. The van der Waals surface area contributed by atoms with E-state index in [-0.39, 0.29) is 24.0 Å². The lowest BCUT2D eigenvalue weighted by Crippen LogP contribution is -2.30. The molecule has 3 aromatic rings. The maximum Gasteiger partial charge on any atom is 0.274 e. The number of para-hydroxylation sites is 1. The van der Waals surface area contributed by atoms with Gasteiger partial charge in [-0.1, -0.05) is 12.1 Å². The summed E-state index contributed by atoms with van der Waals surface area (Å²) >= 11 is 0. The van der Waals surface area contributed by atoms with Gasteiger partial charge < -0.3 is 14.1 Å². The Labute approximate surface area is 150 Å². The molecule has 0 spiro atoms. The SMILES string of the molecule is CCN(Cc1ccc(C)o1)C(=O)c1cc(COc2ccccc2F)[nH]n1. The normalized spacial score (nSPS) is 10.7. The van der Waals surface area contributed by atoms with E-state index in [0.29, 0.717) is 18.8 Å². The molecule has 6 nitrogen and oxygen atoms in total. The molecule has 0 unspecified atom stereocenters. The molecular weight excluding hydrogens is 337 g/mol. The molecule has 7 heteroatoms. The number of hydrogen-bond acceptors (Lipinski definition) is 4. The summed E-state index contributed by atoms with van der Waals surface area (Å²) < 4.78 is 24.5. The quantitative estimate of drug-likeness (QED) is 0.700. The zero-order valence-electron chi connectivity index (χ0n) is 14.7. The van der Waals surface area contributed by atoms with Gasteiger partial charge in [-0.25, -0.2) is 4.39 Å². The van der Waals surface area contributed by atoms with Crippen LogP contribution in [0.15, 0.2) is 46.9 Å². The first-order valence-electron chi connectivity index (χ1n) is 8.33. The van der Waals surface area contributed by atoms with E-state index in [1.54, 1.807) is 29.2 Å². The van der Waals surface area contributed by atoms with E-state index in [1.807, 2.05) is 26.0 Å². The highest BCUT2D eigenvalue weighted by atomic mass is 19.1. The molecule has 0 radical (unpaired) electrons. The first-order chi connectivity index (χ1) is 12.6. The fourth-order valence-electron chi connectivity index (χ4n) is 2.51. The number of aromatic nitrogens is 2. The second kappa shape index (κ2) is 7.86. The van der Waals surface area contributed by atoms with E-state index in [1.165, 1.54) is 6.07 Å². The predicted octanol–water partition coefficient (Wildman–Crippen LogP) is 3.69. The molecule has 1 amide bonds. The van der Waals surface area contributed by atoms with E-state index in [9.17, 15) is 9.18 Å². The number of aromatic amines is 1. The van der Waals surface area contributed by atoms with E-state index >= 15 is 0 Å². The second-order valence-electron chi connectivity index (χ2n) is 5.83. The van der Waals surface area contributed by atoms with E-state index in [2.05, 4.69) is 10.2 Å². The second-order valence-corrected chi connectivity index (χ2v) is 5.83. The lowest BCUT2D eigenvalue weighted by molar-refractivity contribution is 0.0735. The van der Waals surface area contributed by atoms with E-state index in [4.69, 9.17) is 9.15 Å². The minimum atomic E-state index is -0.436. The third-order valence-corrected chi connectivity index (χ3v) is 3.88. The van der Waals surface area contributed by atoms with Crippen molar-refractivity contribution in [2.45, 2.75) is 27.0 Å². The maximum atomic E-state index is 13.6. The molecule has 0 atom stereocenters. The topological polar surface area (TPSA) is 71.4 Å². The summed E-state index contributed by atoms with van der Waals surface area (Å²) in [6.07, 6.45) is 0. The molecular formula is C19H20FN3O3. The molecule has 2 aromatic heterocycles. The van der Waals surface area contributed by atoms with Gasteiger partial charge in [0.15, 0.2) is 17.3 Å². The van der Waals surface area contributed by atoms with Crippen LogP contribution in [0.2, 0.25) is 0 Å². The Morgan fingerprint density at radius 1 is 1.31 bits per heavy atom. The number of nitrogens with zero attached hydrogens (tertiary/aromatic N) is 2. The molecule has 26 heavy (non-hydrogen) atoms. The number of H-pyrrole nitrogens is 1. The largest absolute Gasteiger partial charge is 0.484 e. The Hall–Kier alpha value is -3.09. The Morgan fingerprint density at radius 2 is 2.12 bits per heavy atom. The van der Waals surface area contributed by atoms with Crippen LogP contribution in [0, 0.1) is 12.7 Å². The van der Waals surface area contributed by atoms with Crippen molar-refractivity contribution in [1.82, 2.24) is 15.1 Å². The summed E-state index contributed by atoms with van der Waals surface area (Å²) in [5.41, 5.74) is 0.865. The van der Waals surface area contributed by atoms with Gasteiger partial charge >= 0.3 is 0 Å². The lowest BCUT2D eigenvalue weighted by Gasteiger charge is -2.18. The lowest BCUT2D eigenvalue weighted by atomic mass is 10.3. The Balaban J connectivity index is 1.64. The van der Waals surface area contributed by atoms with Crippen molar-refractivity contribution in [2.75, 3.05) is 6.54 Å². The number of carbonyl (C=O) groups excluding carboxylic acids is 1. The average Bonchev–Trinajstić information content (AvgIpc) is 3.27. The standard InChI is InChI=1S/C19H20FN3O3/c1-3-23(11-15-9-8-13(2)26-15)19(24)17-10-14(21-22-17)12-25-18-7-5-4-6-16(18)20/h4-10H,3,11-12H2,1-2H3,(H,21,22). The molecule has 1 aromatic carbocycles. The number of ether oxygens (including phenoxy) is 1. The van der Waals surface area contributed by atoms with Gasteiger partial charge in [0.2, 0.25) is 0 Å². The van der Waals surface area contributed by atoms with Gasteiger partial charge in [0.25, 0.3) is 5.91 Å². The van der Waals surface area contributed by atoms with Crippen molar-refractivity contribution in [3.05, 3.63) is 71.2 Å². The number of rotatable bonds is 7. The van der Waals surface area contributed by atoms with E-state index < -0.39 is 5.82 Å². The van der Waals surface area contributed by atoms with Crippen LogP contribution in [0.1, 0.15) is 34.6 Å². The molecule has 0 fully saturated rings. The number of hydrogen-bond donors (Lipinski definition) is 1. The number of benzene rings is 1. The maximum absolute atomic E-state index is 13.6. The van der Waals surface area contributed by atoms with Crippen LogP contribution in [0.4, 0.5) is 4.39 Å². The number of aryl methyl sites for hydroxylation is 1. The minimum Gasteiger partial charge on any atom is -0.484 e. The minimum absolute atomic E-state index is 0.0880. The molecule has 0 bridgehead atoms. The fraction of sp³-hybridized carbons (Fsp3) is 0.263. The van der Waals surface area contributed by atoms with Crippen LogP contribution in [0.3, 0.4) is 0 Å². The van der Waals surface area contributed by atoms with Crippen LogP contribution in [0.25, 0.3) is 0 Å². The average molecular weight is 357 g/mol. The Kier molecular flexibility index (Phi) is 5.36. The summed E-state index contributed by atoms with van der Waals surface area (Å²) in [5.74, 6) is 1.02. The number of halogens is 1. The van der Waals surface area contributed by atoms with Crippen molar-refractivity contribution >= 4 is 5.91 Å². The highest BCUT2D eigenvalue weighted by Gasteiger charge is 2.19. The van der Waals surface area contributed by atoms with Gasteiger partial charge in [-0.15, -0.1) is 0 Å². The summed E-state index contributed by atoms with van der Waals surface area (Å²) in [7, 11) is 0. The molecule has 0 aliphatic carbocycles. The fourth-order valence-corrected chi connectivity index (χ4v) is 2.51. The van der Waals surface area contributed by atoms with Crippen molar-refractivity contribution in [3.63, 3.8) is 0 Å². The van der Waals surface area contributed by atoms with E-state index in [0.717, 1.165) is 11.5 Å². The van der Waals surface area contributed by atoms with Crippen molar-refractivity contribution in [1.29, 1.82) is 0 Å². The number of amides is 1. The molecule has 3 rings (SSSR count). The molecule has 136 valence electrons. The smallest absolute Gasteiger partial charge is 0.274 e. The van der Waals surface area contributed by atoms with Gasteiger partial charge in [-0.05, 0) is 44.2 Å². The number of furan rings is 1. The predicted molar refractivity (Wildman–Crippen MR) is 93.2 cm³/mol. The van der Waals surface area contributed by atoms with Crippen LogP contribution >= 0.6 is 0 Å². The van der Waals surface area contributed by atoms with Crippen molar-refractivity contribution < 1.29 is 18.3 Å². The summed E-state index contributed by atoms with van der Waals surface area (Å²) in [5, 5.41) is 6.80.